The van der Waals surface area contributed by atoms with Gasteiger partial charge in [0.15, 0.2) is 10.9 Å². The average molecular weight is 266 g/mol. The molecule has 0 saturated carbocycles. The van der Waals surface area contributed by atoms with Crippen molar-refractivity contribution in [3.63, 3.8) is 0 Å². The van der Waals surface area contributed by atoms with Crippen LogP contribution in [-0.4, -0.2) is 16.7 Å². The summed E-state index contributed by atoms with van der Waals surface area (Å²) < 4.78 is 13.0. The van der Waals surface area contributed by atoms with Crippen LogP contribution in [0.4, 0.5) is 4.39 Å². The van der Waals surface area contributed by atoms with Crippen molar-refractivity contribution >= 4 is 28.7 Å². The lowest BCUT2D eigenvalue weighted by molar-refractivity contribution is -0.109. The van der Waals surface area contributed by atoms with E-state index < -0.39 is 5.82 Å². The van der Waals surface area contributed by atoms with E-state index in [9.17, 15) is 14.0 Å². The Morgan fingerprint density at radius 3 is 2.67 bits per heavy atom. The second kappa shape index (κ2) is 7.11. The lowest BCUT2D eigenvalue weighted by Crippen LogP contribution is -1.96. The van der Waals surface area contributed by atoms with Crippen LogP contribution in [0, 0.1) is 5.82 Å². The molecule has 0 heterocycles. The molecule has 0 saturated heterocycles. The van der Waals surface area contributed by atoms with E-state index in [4.69, 9.17) is 0 Å². The van der Waals surface area contributed by atoms with Crippen molar-refractivity contribution in [2.75, 3.05) is 5.75 Å². The zero-order chi connectivity index (χ0) is 13.5. The van der Waals surface area contributed by atoms with E-state index in [0.717, 1.165) is 6.42 Å². The minimum absolute atomic E-state index is 0.0922. The standard InChI is InChI=1S/C14H15FO2S/c1-10(16)14-9-13(15)7-6-12(14)5-3-4-8-18-11(2)17/h3,5-7,9H,4,8H2,1-2H3. The van der Waals surface area contributed by atoms with E-state index in [1.54, 1.807) is 12.1 Å². The molecule has 1 rings (SSSR count). The Labute approximate surface area is 110 Å². The van der Waals surface area contributed by atoms with E-state index in [2.05, 4.69) is 0 Å². The van der Waals surface area contributed by atoms with Crippen LogP contribution in [0.3, 0.4) is 0 Å². The summed E-state index contributed by atoms with van der Waals surface area (Å²) >= 11 is 1.26. The van der Waals surface area contributed by atoms with Gasteiger partial charge in [-0.2, -0.15) is 0 Å². The molecule has 0 N–H and O–H groups in total. The van der Waals surface area contributed by atoms with Gasteiger partial charge in [-0.25, -0.2) is 4.39 Å². The molecule has 96 valence electrons. The van der Waals surface area contributed by atoms with E-state index in [0.29, 0.717) is 16.9 Å². The highest BCUT2D eigenvalue weighted by Crippen LogP contribution is 2.15. The SMILES string of the molecule is CC(=O)SCCC=Cc1ccc(F)cc1C(C)=O. The Hall–Kier alpha value is -1.42. The van der Waals surface area contributed by atoms with Crippen LogP contribution in [0.15, 0.2) is 24.3 Å². The zero-order valence-electron chi connectivity index (χ0n) is 10.4. The second-order valence-electron chi connectivity index (χ2n) is 3.82. The molecule has 2 nitrogen and oxygen atoms in total. The van der Waals surface area contributed by atoms with Crippen molar-refractivity contribution in [1.29, 1.82) is 0 Å². The van der Waals surface area contributed by atoms with E-state index in [-0.39, 0.29) is 10.9 Å². The third kappa shape index (κ3) is 4.84. The molecule has 18 heavy (non-hydrogen) atoms. The number of halogens is 1. The maximum absolute atomic E-state index is 13.0. The van der Waals surface area contributed by atoms with Gasteiger partial charge in [0.05, 0.1) is 0 Å². The minimum Gasteiger partial charge on any atom is -0.294 e. The molecule has 0 spiro atoms. The molecule has 0 amide bonds. The fourth-order valence-electron chi connectivity index (χ4n) is 1.46. The van der Waals surface area contributed by atoms with Gasteiger partial charge in [-0.3, -0.25) is 9.59 Å². The molecular formula is C14H15FO2S. The maximum Gasteiger partial charge on any atom is 0.185 e. The first kappa shape index (κ1) is 14.6. The first-order chi connectivity index (χ1) is 8.50. The van der Waals surface area contributed by atoms with Gasteiger partial charge in [-0.15, -0.1) is 0 Å². The van der Waals surface area contributed by atoms with Crippen LogP contribution in [0.25, 0.3) is 6.08 Å². The summed E-state index contributed by atoms with van der Waals surface area (Å²) in [4.78, 5) is 22.1. The fourth-order valence-corrected chi connectivity index (χ4v) is 2.00. The highest BCUT2D eigenvalue weighted by atomic mass is 32.2. The predicted molar refractivity (Wildman–Crippen MR) is 73.2 cm³/mol. The van der Waals surface area contributed by atoms with Gasteiger partial charge in [0, 0.05) is 18.2 Å². The number of carbonyl (C=O) groups excluding carboxylic acids is 2. The molecule has 0 aliphatic heterocycles. The lowest BCUT2D eigenvalue weighted by Gasteiger charge is -2.02. The normalized spacial score (nSPS) is 10.8. The number of benzene rings is 1. The van der Waals surface area contributed by atoms with Crippen LogP contribution < -0.4 is 0 Å². The lowest BCUT2D eigenvalue weighted by atomic mass is 10.0. The van der Waals surface area contributed by atoms with Gasteiger partial charge in [0.2, 0.25) is 0 Å². The Balaban J connectivity index is 2.69. The van der Waals surface area contributed by atoms with E-state index in [1.807, 2.05) is 6.08 Å². The smallest absolute Gasteiger partial charge is 0.185 e. The summed E-state index contributed by atoms with van der Waals surface area (Å²) in [6, 6.07) is 4.16. The van der Waals surface area contributed by atoms with Gasteiger partial charge >= 0.3 is 0 Å². The molecule has 0 bridgehead atoms. The summed E-state index contributed by atoms with van der Waals surface area (Å²) in [6.45, 7) is 2.94. The van der Waals surface area contributed by atoms with Gasteiger partial charge in [-0.05, 0) is 31.0 Å². The number of rotatable bonds is 5. The molecule has 0 unspecified atom stereocenters. The molecule has 0 aromatic heterocycles. The van der Waals surface area contributed by atoms with E-state index >= 15 is 0 Å². The van der Waals surface area contributed by atoms with Crippen molar-refractivity contribution in [2.45, 2.75) is 20.3 Å². The largest absolute Gasteiger partial charge is 0.294 e. The minimum atomic E-state index is -0.413. The first-order valence-corrected chi connectivity index (χ1v) is 6.59. The number of carbonyl (C=O) groups is 2. The topological polar surface area (TPSA) is 34.1 Å². The zero-order valence-corrected chi connectivity index (χ0v) is 11.2. The molecule has 1 aromatic carbocycles. The first-order valence-electron chi connectivity index (χ1n) is 5.61. The highest BCUT2D eigenvalue weighted by Gasteiger charge is 2.05. The second-order valence-corrected chi connectivity index (χ2v) is 5.09. The highest BCUT2D eigenvalue weighted by molar-refractivity contribution is 8.13. The van der Waals surface area contributed by atoms with E-state index in [1.165, 1.54) is 37.7 Å². The van der Waals surface area contributed by atoms with Crippen LogP contribution in [-0.2, 0) is 4.79 Å². The molecular weight excluding hydrogens is 251 g/mol. The van der Waals surface area contributed by atoms with Crippen LogP contribution in [0.2, 0.25) is 0 Å². The fraction of sp³-hybridized carbons (Fsp3) is 0.286. The number of Topliss-reactive ketones (excluding diaryl/α,β-unsaturated/α-hetero) is 1. The third-order valence-electron chi connectivity index (χ3n) is 2.28. The third-order valence-corrected chi connectivity index (χ3v) is 3.13. The predicted octanol–water partition coefficient (Wildman–Crippen LogP) is 3.71. The number of ketones is 1. The summed E-state index contributed by atoms with van der Waals surface area (Å²) in [5, 5.41) is 0.0922. The molecule has 0 aliphatic rings. The van der Waals surface area contributed by atoms with Crippen molar-refractivity contribution < 1.29 is 14.0 Å². The molecule has 0 aliphatic carbocycles. The molecule has 0 fully saturated rings. The van der Waals surface area contributed by atoms with Gasteiger partial charge in [0.25, 0.3) is 0 Å². The van der Waals surface area contributed by atoms with Crippen molar-refractivity contribution in [2.24, 2.45) is 0 Å². The number of hydrogen-bond donors (Lipinski definition) is 0. The Morgan fingerprint density at radius 2 is 2.06 bits per heavy atom. The summed E-state index contributed by atoms with van der Waals surface area (Å²) in [5.41, 5.74) is 1.09. The van der Waals surface area contributed by atoms with Crippen LogP contribution in [0.5, 0.6) is 0 Å². The Morgan fingerprint density at radius 1 is 1.33 bits per heavy atom. The van der Waals surface area contributed by atoms with Crippen LogP contribution >= 0.6 is 11.8 Å². The van der Waals surface area contributed by atoms with Gasteiger partial charge < -0.3 is 0 Å². The van der Waals surface area contributed by atoms with Gasteiger partial charge in [-0.1, -0.05) is 30.0 Å². The summed E-state index contributed by atoms with van der Waals surface area (Å²) in [7, 11) is 0. The monoisotopic (exact) mass is 266 g/mol. The molecule has 0 radical (unpaired) electrons. The molecule has 0 atom stereocenters. The number of allylic oxidation sites excluding steroid dienone is 1. The van der Waals surface area contributed by atoms with Crippen LogP contribution in [0.1, 0.15) is 36.2 Å². The maximum atomic E-state index is 13.0. The Bertz CT molecular complexity index is 481. The summed E-state index contributed by atoms with van der Waals surface area (Å²) in [5.74, 6) is 0.138. The quantitative estimate of drug-likeness (QED) is 0.602. The van der Waals surface area contributed by atoms with Gasteiger partial charge in [0.1, 0.15) is 5.82 Å². The number of hydrogen-bond acceptors (Lipinski definition) is 3. The van der Waals surface area contributed by atoms with Crippen molar-refractivity contribution in [3.8, 4) is 0 Å². The average Bonchev–Trinajstić information content (AvgIpc) is 2.29. The summed E-state index contributed by atoms with van der Waals surface area (Å²) in [6.07, 6.45) is 4.41. The Kier molecular flexibility index (Phi) is 5.78. The number of thioether (sulfide) groups is 1. The van der Waals surface area contributed by atoms with Crippen molar-refractivity contribution in [1.82, 2.24) is 0 Å². The molecule has 1 aromatic rings. The van der Waals surface area contributed by atoms with Crippen molar-refractivity contribution in [3.05, 3.63) is 41.2 Å². The molecule has 4 heteroatoms.